The number of benzene rings is 1. The fourth-order valence-electron chi connectivity index (χ4n) is 2.39. The molecule has 0 saturated heterocycles. The van der Waals surface area contributed by atoms with Crippen LogP contribution in [0.25, 0.3) is 0 Å². The van der Waals surface area contributed by atoms with Crippen LogP contribution in [0.3, 0.4) is 0 Å². The lowest BCUT2D eigenvalue weighted by Crippen LogP contribution is -2.31. The average Bonchev–Trinajstić information content (AvgIpc) is 2.89. The molecular formula is C15H22ClNO2. The summed E-state index contributed by atoms with van der Waals surface area (Å²) >= 11 is 5.91. The molecular weight excluding hydrogens is 262 g/mol. The molecule has 1 atom stereocenters. The van der Waals surface area contributed by atoms with Crippen molar-refractivity contribution in [2.45, 2.75) is 44.4 Å². The van der Waals surface area contributed by atoms with Gasteiger partial charge in [-0.05, 0) is 30.5 Å². The Kier molecular flexibility index (Phi) is 6.11. The molecule has 1 aliphatic carbocycles. The predicted octanol–water partition coefficient (Wildman–Crippen LogP) is 2.75. The van der Waals surface area contributed by atoms with Gasteiger partial charge in [0.1, 0.15) is 0 Å². The summed E-state index contributed by atoms with van der Waals surface area (Å²) in [5.74, 6) is 0. The van der Waals surface area contributed by atoms with E-state index < -0.39 is 6.10 Å². The maximum atomic E-state index is 9.83. The van der Waals surface area contributed by atoms with Crippen molar-refractivity contribution in [1.82, 2.24) is 5.32 Å². The highest BCUT2D eigenvalue weighted by atomic mass is 35.5. The summed E-state index contributed by atoms with van der Waals surface area (Å²) in [6, 6.07) is 7.73. The molecule has 1 aromatic rings. The van der Waals surface area contributed by atoms with Crippen LogP contribution >= 0.6 is 11.6 Å². The Morgan fingerprint density at radius 2 is 2.16 bits per heavy atom. The Morgan fingerprint density at radius 3 is 2.89 bits per heavy atom. The molecule has 0 spiro atoms. The number of rotatable bonds is 7. The SMILES string of the molecule is OC(CNCc1cccc(Cl)c1)COC1CCCC1. The first-order valence-corrected chi connectivity index (χ1v) is 7.36. The number of hydrogen-bond acceptors (Lipinski definition) is 3. The lowest BCUT2D eigenvalue weighted by molar-refractivity contribution is -0.00549. The van der Waals surface area contributed by atoms with E-state index in [0.29, 0.717) is 25.8 Å². The molecule has 1 unspecified atom stereocenters. The van der Waals surface area contributed by atoms with Crippen LogP contribution in [0.1, 0.15) is 31.2 Å². The van der Waals surface area contributed by atoms with Crippen molar-refractivity contribution in [3.05, 3.63) is 34.9 Å². The molecule has 0 aliphatic heterocycles. The van der Waals surface area contributed by atoms with Gasteiger partial charge in [-0.3, -0.25) is 0 Å². The summed E-state index contributed by atoms with van der Waals surface area (Å²) in [6.07, 6.45) is 4.72. The van der Waals surface area contributed by atoms with Gasteiger partial charge in [0.15, 0.2) is 0 Å². The van der Waals surface area contributed by atoms with Gasteiger partial charge in [-0.15, -0.1) is 0 Å². The molecule has 2 rings (SSSR count). The minimum atomic E-state index is -0.445. The van der Waals surface area contributed by atoms with E-state index in [0.717, 1.165) is 23.4 Å². The molecule has 3 nitrogen and oxygen atoms in total. The molecule has 106 valence electrons. The monoisotopic (exact) mass is 283 g/mol. The Balaban J connectivity index is 1.59. The quantitative estimate of drug-likeness (QED) is 0.808. The lowest BCUT2D eigenvalue weighted by atomic mass is 10.2. The van der Waals surface area contributed by atoms with Gasteiger partial charge in [-0.2, -0.15) is 0 Å². The third kappa shape index (κ3) is 5.49. The standard InChI is InChI=1S/C15H22ClNO2/c16-13-5-3-4-12(8-13)9-17-10-14(18)11-19-15-6-1-2-7-15/h3-5,8,14-15,17-18H,1-2,6-7,9-11H2. The van der Waals surface area contributed by atoms with E-state index in [2.05, 4.69) is 5.32 Å². The summed E-state index contributed by atoms with van der Waals surface area (Å²) in [7, 11) is 0. The van der Waals surface area contributed by atoms with Crippen LogP contribution in [-0.2, 0) is 11.3 Å². The van der Waals surface area contributed by atoms with E-state index in [1.165, 1.54) is 12.8 Å². The van der Waals surface area contributed by atoms with Crippen molar-refractivity contribution >= 4 is 11.6 Å². The van der Waals surface area contributed by atoms with E-state index in [-0.39, 0.29) is 0 Å². The molecule has 0 heterocycles. The summed E-state index contributed by atoms with van der Waals surface area (Å²) in [6.45, 7) is 1.67. The van der Waals surface area contributed by atoms with Crippen LogP contribution < -0.4 is 5.32 Å². The highest BCUT2D eigenvalue weighted by molar-refractivity contribution is 6.30. The second-order valence-electron chi connectivity index (χ2n) is 5.15. The fraction of sp³-hybridized carbons (Fsp3) is 0.600. The van der Waals surface area contributed by atoms with Crippen molar-refractivity contribution in [2.75, 3.05) is 13.2 Å². The largest absolute Gasteiger partial charge is 0.389 e. The minimum Gasteiger partial charge on any atom is -0.389 e. The summed E-state index contributed by atoms with van der Waals surface area (Å²) in [5.41, 5.74) is 1.12. The van der Waals surface area contributed by atoms with Crippen molar-refractivity contribution in [2.24, 2.45) is 0 Å². The van der Waals surface area contributed by atoms with Gasteiger partial charge in [0.05, 0.1) is 18.8 Å². The highest BCUT2D eigenvalue weighted by Gasteiger charge is 2.16. The van der Waals surface area contributed by atoms with Gasteiger partial charge in [0.25, 0.3) is 0 Å². The van der Waals surface area contributed by atoms with Crippen molar-refractivity contribution in [3.8, 4) is 0 Å². The molecule has 1 saturated carbocycles. The molecule has 19 heavy (non-hydrogen) atoms. The van der Waals surface area contributed by atoms with E-state index in [1.54, 1.807) is 0 Å². The van der Waals surface area contributed by atoms with Crippen molar-refractivity contribution in [1.29, 1.82) is 0 Å². The van der Waals surface area contributed by atoms with Crippen molar-refractivity contribution in [3.63, 3.8) is 0 Å². The maximum absolute atomic E-state index is 9.83. The van der Waals surface area contributed by atoms with Gasteiger partial charge >= 0.3 is 0 Å². The topological polar surface area (TPSA) is 41.5 Å². The minimum absolute atomic E-state index is 0.363. The normalized spacial score (nSPS) is 17.8. The van der Waals surface area contributed by atoms with E-state index in [9.17, 15) is 5.11 Å². The van der Waals surface area contributed by atoms with Gasteiger partial charge in [0, 0.05) is 18.1 Å². The van der Waals surface area contributed by atoms with Gasteiger partial charge in [0.2, 0.25) is 0 Å². The van der Waals surface area contributed by atoms with Gasteiger partial charge < -0.3 is 15.2 Å². The second-order valence-corrected chi connectivity index (χ2v) is 5.59. The summed E-state index contributed by atoms with van der Waals surface area (Å²) < 4.78 is 5.68. The first-order valence-electron chi connectivity index (χ1n) is 6.99. The first kappa shape index (κ1) is 14.8. The van der Waals surface area contributed by atoms with E-state index >= 15 is 0 Å². The van der Waals surface area contributed by atoms with Crippen LogP contribution in [0.5, 0.6) is 0 Å². The van der Waals surface area contributed by atoms with E-state index in [1.807, 2.05) is 24.3 Å². The van der Waals surface area contributed by atoms with Crippen LogP contribution in [0.2, 0.25) is 5.02 Å². The third-order valence-corrected chi connectivity index (χ3v) is 3.66. The molecule has 1 aromatic carbocycles. The summed E-state index contributed by atoms with van der Waals surface area (Å²) in [5, 5.41) is 13.8. The molecule has 1 fully saturated rings. The number of nitrogens with one attached hydrogen (secondary N) is 1. The molecule has 1 aliphatic rings. The number of halogens is 1. The molecule has 0 aromatic heterocycles. The summed E-state index contributed by atoms with van der Waals surface area (Å²) in [4.78, 5) is 0. The maximum Gasteiger partial charge on any atom is 0.0897 e. The third-order valence-electron chi connectivity index (χ3n) is 3.42. The molecule has 0 bridgehead atoms. The fourth-order valence-corrected chi connectivity index (χ4v) is 2.60. The zero-order valence-electron chi connectivity index (χ0n) is 11.1. The number of ether oxygens (including phenoxy) is 1. The van der Waals surface area contributed by atoms with E-state index in [4.69, 9.17) is 16.3 Å². The van der Waals surface area contributed by atoms with Crippen LogP contribution in [-0.4, -0.2) is 30.5 Å². The first-order chi connectivity index (χ1) is 9.24. The van der Waals surface area contributed by atoms with Gasteiger partial charge in [-0.1, -0.05) is 36.6 Å². The van der Waals surface area contributed by atoms with Gasteiger partial charge in [-0.25, -0.2) is 0 Å². The number of aliphatic hydroxyl groups excluding tert-OH is 1. The molecule has 0 radical (unpaired) electrons. The predicted molar refractivity (Wildman–Crippen MR) is 77.4 cm³/mol. The van der Waals surface area contributed by atoms with Crippen LogP contribution in [0.4, 0.5) is 0 Å². The second kappa shape index (κ2) is 7.85. The van der Waals surface area contributed by atoms with Crippen molar-refractivity contribution < 1.29 is 9.84 Å². The molecule has 2 N–H and O–H groups in total. The number of hydrogen-bond donors (Lipinski definition) is 2. The molecule has 4 heteroatoms. The Morgan fingerprint density at radius 1 is 1.37 bits per heavy atom. The van der Waals surface area contributed by atoms with Crippen LogP contribution in [0.15, 0.2) is 24.3 Å². The highest BCUT2D eigenvalue weighted by Crippen LogP contribution is 2.20. The number of aliphatic hydroxyl groups is 1. The zero-order chi connectivity index (χ0) is 13.5. The molecule has 0 amide bonds. The Bertz CT molecular complexity index is 380. The smallest absolute Gasteiger partial charge is 0.0897 e. The van der Waals surface area contributed by atoms with Crippen LogP contribution in [0, 0.1) is 0 Å². The Hall–Kier alpha value is -0.610. The Labute approximate surface area is 119 Å². The average molecular weight is 284 g/mol. The zero-order valence-corrected chi connectivity index (χ0v) is 11.9. The lowest BCUT2D eigenvalue weighted by Gasteiger charge is -2.16.